The van der Waals surface area contributed by atoms with Gasteiger partial charge in [-0.05, 0) is 38.1 Å². The number of benzene rings is 1. The molecule has 22 heavy (non-hydrogen) atoms. The van der Waals surface area contributed by atoms with Gasteiger partial charge < -0.3 is 10.2 Å². The normalized spacial score (nSPS) is 15.9. The summed E-state index contributed by atoms with van der Waals surface area (Å²) < 4.78 is 12.8. The Labute approximate surface area is 130 Å². The molecule has 0 saturated carbocycles. The lowest BCUT2D eigenvalue weighted by Crippen LogP contribution is -2.52. The van der Waals surface area contributed by atoms with Gasteiger partial charge in [-0.15, -0.1) is 0 Å². The molecule has 0 bridgehead atoms. The van der Waals surface area contributed by atoms with Gasteiger partial charge in [0, 0.05) is 37.8 Å². The Morgan fingerprint density at radius 3 is 2.27 bits per heavy atom. The van der Waals surface area contributed by atoms with Crippen LogP contribution in [0.25, 0.3) is 0 Å². The third kappa shape index (κ3) is 4.27. The maximum Gasteiger partial charge on any atom is 0.251 e. The Balaban J connectivity index is 1.78. The Kier molecular flexibility index (Phi) is 5.49. The van der Waals surface area contributed by atoms with E-state index in [1.807, 2.05) is 0 Å². The van der Waals surface area contributed by atoms with Crippen LogP contribution >= 0.6 is 0 Å². The molecule has 0 unspecified atom stereocenters. The number of nitrogens with zero attached hydrogens (tertiary/aromatic N) is 2. The monoisotopic (exact) mass is 307 g/mol. The zero-order valence-corrected chi connectivity index (χ0v) is 13.0. The van der Waals surface area contributed by atoms with Crippen LogP contribution in [0.4, 0.5) is 4.39 Å². The van der Waals surface area contributed by atoms with Crippen LogP contribution in [0.2, 0.25) is 0 Å². The van der Waals surface area contributed by atoms with E-state index < -0.39 is 5.82 Å². The first-order valence-corrected chi connectivity index (χ1v) is 7.53. The minimum Gasteiger partial charge on any atom is -0.343 e. The molecular formula is C16H22FN3O2. The second kappa shape index (κ2) is 7.35. The molecule has 120 valence electrons. The van der Waals surface area contributed by atoms with Crippen LogP contribution in [0.3, 0.4) is 0 Å². The van der Waals surface area contributed by atoms with Gasteiger partial charge >= 0.3 is 0 Å². The highest BCUT2D eigenvalue weighted by Gasteiger charge is 2.22. The molecule has 0 atom stereocenters. The molecule has 1 aliphatic rings. The van der Waals surface area contributed by atoms with Crippen molar-refractivity contribution in [3.63, 3.8) is 0 Å². The van der Waals surface area contributed by atoms with Crippen LogP contribution in [-0.2, 0) is 4.79 Å². The fourth-order valence-corrected chi connectivity index (χ4v) is 2.46. The summed E-state index contributed by atoms with van der Waals surface area (Å²) >= 11 is 0. The molecular weight excluding hydrogens is 285 g/mol. The number of hydrogen-bond acceptors (Lipinski definition) is 3. The van der Waals surface area contributed by atoms with Gasteiger partial charge in [0.15, 0.2) is 0 Å². The molecule has 1 aromatic carbocycles. The summed E-state index contributed by atoms with van der Waals surface area (Å²) in [4.78, 5) is 28.1. The van der Waals surface area contributed by atoms with Crippen LogP contribution in [0.15, 0.2) is 24.3 Å². The van der Waals surface area contributed by atoms with E-state index in [1.54, 1.807) is 4.90 Å². The minimum absolute atomic E-state index is 0.0299. The van der Waals surface area contributed by atoms with Gasteiger partial charge in [-0.2, -0.15) is 0 Å². The SMILES string of the molecule is CC(C)N1CCN(C(=O)CNC(=O)c2ccc(F)cc2)CC1. The van der Waals surface area contributed by atoms with Crippen molar-refractivity contribution in [2.45, 2.75) is 19.9 Å². The predicted molar refractivity (Wildman–Crippen MR) is 82.0 cm³/mol. The zero-order chi connectivity index (χ0) is 16.1. The van der Waals surface area contributed by atoms with Crippen molar-refractivity contribution < 1.29 is 14.0 Å². The first-order chi connectivity index (χ1) is 10.5. The van der Waals surface area contributed by atoms with E-state index in [0.29, 0.717) is 24.7 Å². The van der Waals surface area contributed by atoms with Crippen molar-refractivity contribution in [1.82, 2.24) is 15.1 Å². The summed E-state index contributed by atoms with van der Waals surface area (Å²) in [6.07, 6.45) is 0. The lowest BCUT2D eigenvalue weighted by molar-refractivity contribution is -0.132. The highest BCUT2D eigenvalue weighted by Crippen LogP contribution is 2.06. The smallest absolute Gasteiger partial charge is 0.251 e. The molecule has 1 heterocycles. The topological polar surface area (TPSA) is 52.6 Å². The lowest BCUT2D eigenvalue weighted by atomic mass is 10.2. The van der Waals surface area contributed by atoms with E-state index in [-0.39, 0.29) is 18.4 Å². The van der Waals surface area contributed by atoms with E-state index >= 15 is 0 Å². The Hall–Kier alpha value is -1.95. The third-order valence-corrected chi connectivity index (χ3v) is 3.90. The molecule has 1 N–H and O–H groups in total. The van der Waals surface area contributed by atoms with E-state index in [9.17, 15) is 14.0 Å². The van der Waals surface area contributed by atoms with Gasteiger partial charge in [-0.25, -0.2) is 4.39 Å². The van der Waals surface area contributed by atoms with Crippen molar-refractivity contribution in [3.05, 3.63) is 35.6 Å². The van der Waals surface area contributed by atoms with Gasteiger partial charge in [-0.1, -0.05) is 0 Å². The van der Waals surface area contributed by atoms with Gasteiger partial charge in [-0.3, -0.25) is 14.5 Å². The Morgan fingerprint density at radius 2 is 1.73 bits per heavy atom. The number of rotatable bonds is 4. The maximum absolute atomic E-state index is 12.8. The standard InChI is InChI=1S/C16H22FN3O2/c1-12(2)19-7-9-20(10-8-19)15(21)11-18-16(22)13-3-5-14(17)6-4-13/h3-6,12H,7-11H2,1-2H3,(H,18,22). The second-order valence-electron chi connectivity index (χ2n) is 5.70. The first kappa shape index (κ1) is 16.4. The summed E-state index contributed by atoms with van der Waals surface area (Å²) in [5, 5.41) is 2.58. The molecule has 1 aliphatic heterocycles. The predicted octanol–water partition coefficient (Wildman–Crippen LogP) is 1.11. The molecule has 1 aromatic rings. The average molecular weight is 307 g/mol. The number of nitrogens with one attached hydrogen (secondary N) is 1. The van der Waals surface area contributed by atoms with Crippen LogP contribution < -0.4 is 5.32 Å². The van der Waals surface area contributed by atoms with Gasteiger partial charge in [0.05, 0.1) is 6.54 Å². The quantitative estimate of drug-likeness (QED) is 0.906. The number of halogens is 1. The van der Waals surface area contributed by atoms with E-state index in [2.05, 4.69) is 24.1 Å². The van der Waals surface area contributed by atoms with Crippen LogP contribution in [-0.4, -0.2) is 60.4 Å². The number of carbonyl (C=O) groups excluding carboxylic acids is 2. The Morgan fingerprint density at radius 1 is 1.14 bits per heavy atom. The Bertz CT molecular complexity index is 523. The number of amides is 2. The van der Waals surface area contributed by atoms with Crippen molar-refractivity contribution in [3.8, 4) is 0 Å². The molecule has 0 aromatic heterocycles. The van der Waals surface area contributed by atoms with Gasteiger partial charge in [0.25, 0.3) is 5.91 Å². The van der Waals surface area contributed by atoms with Crippen LogP contribution in [0.5, 0.6) is 0 Å². The highest BCUT2D eigenvalue weighted by molar-refractivity contribution is 5.96. The summed E-state index contributed by atoms with van der Waals surface area (Å²) in [6.45, 7) is 7.33. The fourth-order valence-electron chi connectivity index (χ4n) is 2.46. The molecule has 6 heteroatoms. The van der Waals surface area contributed by atoms with Crippen LogP contribution in [0, 0.1) is 5.82 Å². The third-order valence-electron chi connectivity index (χ3n) is 3.90. The summed E-state index contributed by atoms with van der Waals surface area (Å²) in [5.41, 5.74) is 0.346. The molecule has 0 aliphatic carbocycles. The highest BCUT2D eigenvalue weighted by atomic mass is 19.1. The number of hydrogen-bond donors (Lipinski definition) is 1. The summed E-state index contributed by atoms with van der Waals surface area (Å²) in [5.74, 6) is -0.844. The van der Waals surface area contributed by atoms with E-state index in [0.717, 1.165) is 13.1 Å². The van der Waals surface area contributed by atoms with Gasteiger partial charge in [0.2, 0.25) is 5.91 Å². The van der Waals surface area contributed by atoms with Crippen molar-refractivity contribution >= 4 is 11.8 Å². The zero-order valence-electron chi connectivity index (χ0n) is 13.0. The molecule has 1 fully saturated rings. The largest absolute Gasteiger partial charge is 0.343 e. The van der Waals surface area contributed by atoms with Gasteiger partial charge in [0.1, 0.15) is 5.82 Å². The number of carbonyl (C=O) groups is 2. The van der Waals surface area contributed by atoms with Crippen LogP contribution in [0.1, 0.15) is 24.2 Å². The van der Waals surface area contributed by atoms with E-state index in [4.69, 9.17) is 0 Å². The van der Waals surface area contributed by atoms with E-state index in [1.165, 1.54) is 24.3 Å². The van der Waals surface area contributed by atoms with Crippen molar-refractivity contribution in [2.75, 3.05) is 32.7 Å². The van der Waals surface area contributed by atoms with Crippen molar-refractivity contribution in [2.24, 2.45) is 0 Å². The lowest BCUT2D eigenvalue weighted by Gasteiger charge is -2.36. The average Bonchev–Trinajstić information content (AvgIpc) is 2.53. The van der Waals surface area contributed by atoms with Crippen molar-refractivity contribution in [1.29, 1.82) is 0 Å². The molecule has 5 nitrogen and oxygen atoms in total. The minimum atomic E-state index is -0.393. The molecule has 2 amide bonds. The number of piperazine rings is 1. The molecule has 2 rings (SSSR count). The maximum atomic E-state index is 12.8. The molecule has 0 spiro atoms. The fraction of sp³-hybridized carbons (Fsp3) is 0.500. The molecule has 0 radical (unpaired) electrons. The summed E-state index contributed by atoms with van der Waals surface area (Å²) in [6, 6.07) is 5.73. The summed E-state index contributed by atoms with van der Waals surface area (Å²) in [7, 11) is 0. The molecule has 1 saturated heterocycles. The first-order valence-electron chi connectivity index (χ1n) is 7.53. The second-order valence-corrected chi connectivity index (χ2v) is 5.70.